The molecular weight excluding hydrogens is 287 g/mol. The molecule has 1 heterocycles. The van der Waals surface area contributed by atoms with Crippen LogP contribution in [0.15, 0.2) is 28.7 Å². The number of nitrogens with zero attached hydrogens (tertiary/aromatic N) is 2. The smallest absolute Gasteiger partial charge is 0.315 e. The third-order valence-corrected chi connectivity index (χ3v) is 2.86. The molecule has 6 nitrogen and oxygen atoms in total. The molecule has 1 aromatic heterocycles. The van der Waals surface area contributed by atoms with Gasteiger partial charge in [-0.25, -0.2) is 4.39 Å². The summed E-state index contributed by atoms with van der Waals surface area (Å²) in [5.74, 6) is -0.0858. The molecule has 1 aromatic carbocycles. The number of carbonyl (C=O) groups excluding carboxylic acids is 1. The second-order valence-electron chi connectivity index (χ2n) is 5.85. The van der Waals surface area contributed by atoms with Gasteiger partial charge in [-0.3, -0.25) is 4.79 Å². The molecule has 0 saturated heterocycles. The van der Waals surface area contributed by atoms with E-state index in [0.717, 1.165) is 0 Å². The number of hydrogen-bond donors (Lipinski definition) is 2. The molecule has 0 bridgehead atoms. The second kappa shape index (κ2) is 6.55. The summed E-state index contributed by atoms with van der Waals surface area (Å²) < 4.78 is 18.2. The molecule has 0 aliphatic rings. The molecule has 0 saturated carbocycles. The van der Waals surface area contributed by atoms with Crippen molar-refractivity contribution < 1.29 is 13.6 Å². The van der Waals surface area contributed by atoms with Gasteiger partial charge < -0.3 is 15.1 Å². The van der Waals surface area contributed by atoms with Gasteiger partial charge in [-0.2, -0.15) is 0 Å². The van der Waals surface area contributed by atoms with Gasteiger partial charge in [0.15, 0.2) is 0 Å². The fourth-order valence-electron chi connectivity index (χ4n) is 1.65. The van der Waals surface area contributed by atoms with Gasteiger partial charge in [-0.15, -0.1) is 5.10 Å². The van der Waals surface area contributed by atoms with E-state index in [9.17, 15) is 9.18 Å². The highest BCUT2D eigenvalue weighted by molar-refractivity contribution is 5.94. The van der Waals surface area contributed by atoms with Crippen molar-refractivity contribution in [1.29, 1.82) is 0 Å². The summed E-state index contributed by atoms with van der Waals surface area (Å²) in [6, 6.07) is 5.69. The van der Waals surface area contributed by atoms with Gasteiger partial charge in [0.25, 0.3) is 5.91 Å². The summed E-state index contributed by atoms with van der Waals surface area (Å²) in [5, 5.41) is 13.5. The van der Waals surface area contributed by atoms with Gasteiger partial charge in [0.1, 0.15) is 5.82 Å². The Kier molecular flexibility index (Phi) is 4.75. The minimum Gasteiger partial charge on any atom is -0.408 e. The fourth-order valence-corrected chi connectivity index (χ4v) is 1.65. The van der Waals surface area contributed by atoms with Crippen LogP contribution in [0.5, 0.6) is 0 Å². The maximum absolute atomic E-state index is 12.8. The minimum atomic E-state index is -0.371. The number of hydrogen-bond acceptors (Lipinski definition) is 5. The Hall–Kier alpha value is -2.44. The number of anilines is 1. The Morgan fingerprint density at radius 3 is 2.45 bits per heavy atom. The van der Waals surface area contributed by atoms with Crippen LogP contribution in [0.25, 0.3) is 0 Å². The first-order chi connectivity index (χ1) is 10.4. The van der Waals surface area contributed by atoms with Gasteiger partial charge in [0, 0.05) is 24.1 Å². The molecule has 2 aromatic rings. The van der Waals surface area contributed by atoms with Crippen LogP contribution in [-0.4, -0.2) is 29.2 Å². The molecule has 0 unspecified atom stereocenters. The van der Waals surface area contributed by atoms with Crippen LogP contribution in [0.4, 0.5) is 10.4 Å². The Labute approximate surface area is 128 Å². The van der Waals surface area contributed by atoms with Gasteiger partial charge in [-0.1, -0.05) is 25.9 Å². The SMILES string of the molecule is CC(C)(C)c1nnc(NCCNC(=O)c2ccc(F)cc2)o1. The summed E-state index contributed by atoms with van der Waals surface area (Å²) in [6.45, 7) is 6.76. The Morgan fingerprint density at radius 2 is 1.86 bits per heavy atom. The van der Waals surface area contributed by atoms with E-state index in [1.165, 1.54) is 24.3 Å². The van der Waals surface area contributed by atoms with Crippen molar-refractivity contribution in [3.05, 3.63) is 41.5 Å². The van der Waals surface area contributed by atoms with Crippen LogP contribution < -0.4 is 10.6 Å². The van der Waals surface area contributed by atoms with Crippen LogP contribution >= 0.6 is 0 Å². The predicted molar refractivity (Wildman–Crippen MR) is 80.2 cm³/mol. The lowest BCUT2D eigenvalue weighted by Crippen LogP contribution is -2.28. The molecular formula is C15H19FN4O2. The van der Waals surface area contributed by atoms with Crippen LogP contribution in [0.1, 0.15) is 37.0 Å². The number of rotatable bonds is 5. The molecule has 0 radical (unpaired) electrons. The first-order valence-corrected chi connectivity index (χ1v) is 6.98. The van der Waals surface area contributed by atoms with Crippen molar-refractivity contribution in [3.63, 3.8) is 0 Å². The quantitative estimate of drug-likeness (QED) is 0.829. The van der Waals surface area contributed by atoms with Crippen molar-refractivity contribution >= 4 is 11.9 Å². The summed E-state index contributed by atoms with van der Waals surface area (Å²) in [7, 11) is 0. The van der Waals surface area contributed by atoms with Crippen LogP contribution in [0.2, 0.25) is 0 Å². The van der Waals surface area contributed by atoms with Crippen LogP contribution in [0.3, 0.4) is 0 Å². The number of benzene rings is 1. The summed E-state index contributed by atoms with van der Waals surface area (Å²) in [6.07, 6.45) is 0. The maximum atomic E-state index is 12.8. The number of halogens is 1. The van der Waals surface area contributed by atoms with Crippen LogP contribution in [0, 0.1) is 5.82 Å². The molecule has 0 aliphatic carbocycles. The largest absolute Gasteiger partial charge is 0.408 e. The standard InChI is InChI=1S/C15H19FN4O2/c1-15(2,3)13-19-20-14(22-13)18-9-8-17-12(21)10-4-6-11(16)7-5-10/h4-7H,8-9H2,1-3H3,(H,17,21)(H,18,20). The molecule has 0 fully saturated rings. The third kappa shape index (κ3) is 4.28. The summed E-state index contributed by atoms with van der Waals surface area (Å²) >= 11 is 0. The molecule has 22 heavy (non-hydrogen) atoms. The topological polar surface area (TPSA) is 80.0 Å². The average Bonchev–Trinajstić information content (AvgIpc) is 2.93. The number of carbonyl (C=O) groups is 1. The molecule has 0 aliphatic heterocycles. The van der Waals surface area contributed by atoms with Gasteiger partial charge in [0.05, 0.1) is 0 Å². The Balaban J connectivity index is 1.76. The lowest BCUT2D eigenvalue weighted by atomic mass is 9.97. The van der Waals surface area contributed by atoms with Gasteiger partial charge >= 0.3 is 6.01 Å². The predicted octanol–water partition coefficient (Wildman–Crippen LogP) is 2.35. The molecule has 118 valence electrons. The zero-order valence-corrected chi connectivity index (χ0v) is 12.8. The zero-order valence-electron chi connectivity index (χ0n) is 12.8. The van der Waals surface area contributed by atoms with Gasteiger partial charge in [-0.05, 0) is 24.3 Å². The van der Waals surface area contributed by atoms with Crippen molar-refractivity contribution in [3.8, 4) is 0 Å². The summed E-state index contributed by atoms with van der Waals surface area (Å²) in [5.41, 5.74) is 0.207. The highest BCUT2D eigenvalue weighted by Crippen LogP contribution is 2.21. The van der Waals surface area contributed by atoms with E-state index in [-0.39, 0.29) is 17.1 Å². The van der Waals surface area contributed by atoms with E-state index in [2.05, 4.69) is 20.8 Å². The normalized spacial score (nSPS) is 11.3. The molecule has 2 N–H and O–H groups in total. The van der Waals surface area contributed by atoms with E-state index in [1.54, 1.807) is 0 Å². The fraction of sp³-hybridized carbons (Fsp3) is 0.400. The highest BCUT2D eigenvalue weighted by Gasteiger charge is 2.21. The minimum absolute atomic E-state index is 0.205. The molecule has 2 rings (SSSR count). The maximum Gasteiger partial charge on any atom is 0.315 e. The molecule has 0 atom stereocenters. The van der Waals surface area contributed by atoms with Crippen molar-refractivity contribution in [2.75, 3.05) is 18.4 Å². The van der Waals surface area contributed by atoms with Gasteiger partial charge in [0.2, 0.25) is 5.89 Å². The molecule has 1 amide bonds. The third-order valence-electron chi connectivity index (χ3n) is 2.86. The number of amides is 1. The highest BCUT2D eigenvalue weighted by atomic mass is 19.1. The van der Waals surface area contributed by atoms with E-state index in [0.29, 0.717) is 30.6 Å². The van der Waals surface area contributed by atoms with Crippen LogP contribution in [-0.2, 0) is 5.41 Å². The average molecular weight is 306 g/mol. The lowest BCUT2D eigenvalue weighted by molar-refractivity contribution is 0.0955. The van der Waals surface area contributed by atoms with E-state index < -0.39 is 0 Å². The molecule has 7 heteroatoms. The van der Waals surface area contributed by atoms with E-state index in [4.69, 9.17) is 4.42 Å². The molecule has 0 spiro atoms. The zero-order chi connectivity index (χ0) is 16.2. The first-order valence-electron chi connectivity index (χ1n) is 6.98. The first kappa shape index (κ1) is 15.9. The van der Waals surface area contributed by atoms with E-state index >= 15 is 0 Å². The number of aromatic nitrogens is 2. The number of nitrogens with one attached hydrogen (secondary N) is 2. The lowest BCUT2D eigenvalue weighted by Gasteiger charge is -2.11. The van der Waals surface area contributed by atoms with Crippen molar-refractivity contribution in [2.45, 2.75) is 26.2 Å². The van der Waals surface area contributed by atoms with Crippen molar-refractivity contribution in [2.24, 2.45) is 0 Å². The Morgan fingerprint density at radius 1 is 1.18 bits per heavy atom. The van der Waals surface area contributed by atoms with Crippen molar-refractivity contribution in [1.82, 2.24) is 15.5 Å². The van der Waals surface area contributed by atoms with E-state index in [1.807, 2.05) is 20.8 Å². The Bertz CT molecular complexity index is 632. The second-order valence-corrected chi connectivity index (χ2v) is 5.85. The summed E-state index contributed by atoms with van der Waals surface area (Å²) in [4.78, 5) is 11.8. The monoisotopic (exact) mass is 306 g/mol.